The van der Waals surface area contributed by atoms with Crippen LogP contribution in [-0.2, 0) is 0 Å². The van der Waals surface area contributed by atoms with E-state index in [0.29, 0.717) is 11.7 Å². The molecule has 0 atom stereocenters. The number of hydrogen-bond acceptors (Lipinski definition) is 1. The van der Waals surface area contributed by atoms with Gasteiger partial charge in [-0.25, -0.2) is 4.99 Å². The first-order chi connectivity index (χ1) is 13.4. The maximum absolute atomic E-state index is 6.20. The zero-order valence-electron chi connectivity index (χ0n) is 17.2. The van der Waals surface area contributed by atoms with Gasteiger partial charge < -0.3 is 5.73 Å². The summed E-state index contributed by atoms with van der Waals surface area (Å²) < 4.78 is 0. The number of nitrogens with zero attached hydrogens (tertiary/aromatic N) is 2. The Kier molecular flexibility index (Phi) is 5.74. The van der Waals surface area contributed by atoms with Gasteiger partial charge in [0.25, 0.3) is 0 Å². The van der Waals surface area contributed by atoms with Gasteiger partial charge in [-0.2, -0.15) is 0 Å². The average molecular weight is 370 g/mol. The van der Waals surface area contributed by atoms with Gasteiger partial charge in [0, 0.05) is 18.2 Å². The lowest BCUT2D eigenvalue weighted by Crippen LogP contribution is -2.16. The molecule has 3 aromatic carbocycles. The van der Waals surface area contributed by atoms with Gasteiger partial charge in [0.15, 0.2) is 5.84 Å². The van der Waals surface area contributed by atoms with Crippen LogP contribution in [0.15, 0.2) is 70.6 Å². The molecule has 0 aliphatic heterocycles. The lowest BCUT2D eigenvalue weighted by molar-refractivity contribution is 1.32. The van der Waals surface area contributed by atoms with Crippen LogP contribution in [-0.4, -0.2) is 18.7 Å². The van der Waals surface area contributed by atoms with Crippen LogP contribution in [0.3, 0.4) is 0 Å². The highest BCUT2D eigenvalue weighted by Crippen LogP contribution is 2.28. The third-order valence-corrected chi connectivity index (χ3v) is 4.89. The van der Waals surface area contributed by atoms with Gasteiger partial charge in [-0.1, -0.05) is 71.8 Å². The van der Waals surface area contributed by atoms with Crippen molar-refractivity contribution in [2.75, 3.05) is 7.05 Å². The Morgan fingerprint density at radius 1 is 0.714 bits per heavy atom. The van der Waals surface area contributed by atoms with Crippen molar-refractivity contribution >= 4 is 11.7 Å². The zero-order chi connectivity index (χ0) is 20.3. The molecular formula is C25H27N3. The van der Waals surface area contributed by atoms with E-state index in [1.165, 1.54) is 33.4 Å². The van der Waals surface area contributed by atoms with E-state index in [2.05, 4.69) is 74.1 Å². The van der Waals surface area contributed by atoms with Crippen LogP contribution in [0.25, 0.3) is 11.1 Å². The summed E-state index contributed by atoms with van der Waals surface area (Å²) in [7, 11) is 1.74. The Balaban J connectivity index is 1.92. The molecule has 0 spiro atoms. The summed E-state index contributed by atoms with van der Waals surface area (Å²) in [5, 5.41) is 0. The Hall–Kier alpha value is -3.20. The Morgan fingerprint density at radius 2 is 1.25 bits per heavy atom. The standard InChI is InChI=1S/C25H27N3/c1-16-6-8-21(9-7-16)24(26)28-25(27-5)22-12-10-20(11-13-22)23-18(3)14-17(2)15-19(23)4/h6-15H,1-5H3,(H2,26,27,28). The zero-order valence-corrected chi connectivity index (χ0v) is 17.2. The van der Waals surface area contributed by atoms with Gasteiger partial charge in [-0.15, -0.1) is 0 Å². The predicted molar refractivity (Wildman–Crippen MR) is 120 cm³/mol. The van der Waals surface area contributed by atoms with E-state index >= 15 is 0 Å². The number of benzene rings is 3. The summed E-state index contributed by atoms with van der Waals surface area (Å²) >= 11 is 0. The normalized spacial score (nSPS) is 12.3. The Bertz CT molecular complexity index is 1020. The SMILES string of the molecule is CN=C(N=C(N)c1ccc(C)cc1)c1ccc(-c2c(C)cc(C)cc2C)cc1. The molecule has 3 heteroatoms. The van der Waals surface area contributed by atoms with E-state index < -0.39 is 0 Å². The highest BCUT2D eigenvalue weighted by molar-refractivity contribution is 6.11. The molecular weight excluding hydrogens is 342 g/mol. The highest BCUT2D eigenvalue weighted by atomic mass is 14.9. The summed E-state index contributed by atoms with van der Waals surface area (Å²) in [6.45, 7) is 8.51. The lowest BCUT2D eigenvalue weighted by atomic mass is 9.93. The second-order valence-electron chi connectivity index (χ2n) is 7.26. The molecule has 0 aliphatic rings. The number of hydrogen-bond donors (Lipinski definition) is 1. The molecule has 0 amide bonds. The number of amidine groups is 2. The number of nitrogens with two attached hydrogens (primary N) is 1. The second-order valence-corrected chi connectivity index (χ2v) is 7.26. The van der Waals surface area contributed by atoms with Crippen molar-refractivity contribution in [3.05, 3.63) is 94.0 Å². The molecule has 28 heavy (non-hydrogen) atoms. The van der Waals surface area contributed by atoms with Gasteiger partial charge in [0.1, 0.15) is 5.84 Å². The van der Waals surface area contributed by atoms with Crippen LogP contribution in [0, 0.1) is 27.7 Å². The van der Waals surface area contributed by atoms with E-state index in [1.54, 1.807) is 7.05 Å². The van der Waals surface area contributed by atoms with Gasteiger partial charge in [-0.3, -0.25) is 4.99 Å². The summed E-state index contributed by atoms with van der Waals surface area (Å²) in [4.78, 5) is 8.90. The van der Waals surface area contributed by atoms with Gasteiger partial charge >= 0.3 is 0 Å². The van der Waals surface area contributed by atoms with Crippen molar-refractivity contribution < 1.29 is 0 Å². The fourth-order valence-corrected chi connectivity index (χ4v) is 3.57. The largest absolute Gasteiger partial charge is 0.383 e. The van der Waals surface area contributed by atoms with Crippen LogP contribution >= 0.6 is 0 Å². The van der Waals surface area contributed by atoms with Gasteiger partial charge in [0.2, 0.25) is 0 Å². The molecule has 0 aromatic heterocycles. The molecule has 3 nitrogen and oxygen atoms in total. The minimum absolute atomic E-state index is 0.467. The molecule has 0 aliphatic carbocycles. The van der Waals surface area contributed by atoms with Crippen molar-refractivity contribution in [2.24, 2.45) is 15.7 Å². The fraction of sp³-hybridized carbons (Fsp3) is 0.200. The first-order valence-electron chi connectivity index (χ1n) is 9.45. The van der Waals surface area contributed by atoms with Crippen molar-refractivity contribution in [1.82, 2.24) is 0 Å². The lowest BCUT2D eigenvalue weighted by Gasteiger charge is -2.12. The first kappa shape index (κ1) is 19.6. The fourth-order valence-electron chi connectivity index (χ4n) is 3.57. The smallest absolute Gasteiger partial charge is 0.156 e. The van der Waals surface area contributed by atoms with E-state index in [0.717, 1.165) is 11.1 Å². The first-order valence-corrected chi connectivity index (χ1v) is 9.45. The summed E-state index contributed by atoms with van der Waals surface area (Å²) in [5.74, 6) is 1.09. The van der Waals surface area contributed by atoms with Crippen LogP contribution in [0.1, 0.15) is 33.4 Å². The molecule has 0 radical (unpaired) electrons. The van der Waals surface area contributed by atoms with E-state index in [-0.39, 0.29) is 0 Å². The summed E-state index contributed by atoms with van der Waals surface area (Å²) in [6.07, 6.45) is 0. The second kappa shape index (κ2) is 8.22. The molecule has 0 heterocycles. The number of aliphatic imine (C=N–C) groups is 2. The van der Waals surface area contributed by atoms with Crippen molar-refractivity contribution in [3.8, 4) is 11.1 Å². The van der Waals surface area contributed by atoms with Crippen molar-refractivity contribution in [1.29, 1.82) is 0 Å². The number of rotatable bonds is 3. The molecule has 0 unspecified atom stereocenters. The minimum Gasteiger partial charge on any atom is -0.383 e. The van der Waals surface area contributed by atoms with Crippen LogP contribution in [0.5, 0.6) is 0 Å². The molecule has 2 N–H and O–H groups in total. The quantitative estimate of drug-likeness (QED) is 0.490. The van der Waals surface area contributed by atoms with Gasteiger partial charge in [0.05, 0.1) is 0 Å². The molecule has 142 valence electrons. The molecule has 0 fully saturated rings. The molecule has 0 saturated heterocycles. The van der Waals surface area contributed by atoms with E-state index in [1.807, 2.05) is 24.3 Å². The Labute approximate surface area is 167 Å². The average Bonchev–Trinajstić information content (AvgIpc) is 2.66. The maximum Gasteiger partial charge on any atom is 0.156 e. The van der Waals surface area contributed by atoms with Crippen molar-refractivity contribution in [2.45, 2.75) is 27.7 Å². The van der Waals surface area contributed by atoms with Crippen LogP contribution < -0.4 is 5.73 Å². The predicted octanol–water partition coefficient (Wildman–Crippen LogP) is 5.37. The molecule has 0 bridgehead atoms. The monoisotopic (exact) mass is 369 g/mol. The van der Waals surface area contributed by atoms with Crippen LogP contribution in [0.4, 0.5) is 0 Å². The van der Waals surface area contributed by atoms with E-state index in [9.17, 15) is 0 Å². The minimum atomic E-state index is 0.467. The van der Waals surface area contributed by atoms with Crippen molar-refractivity contribution in [3.63, 3.8) is 0 Å². The number of aryl methyl sites for hydroxylation is 4. The molecule has 0 saturated carbocycles. The third kappa shape index (κ3) is 4.20. The maximum atomic E-state index is 6.20. The topological polar surface area (TPSA) is 50.7 Å². The van der Waals surface area contributed by atoms with Crippen LogP contribution in [0.2, 0.25) is 0 Å². The molecule has 3 aromatic rings. The highest BCUT2D eigenvalue weighted by Gasteiger charge is 2.09. The summed E-state index contributed by atoms with van der Waals surface area (Å²) in [5.41, 5.74) is 15.6. The van der Waals surface area contributed by atoms with E-state index in [4.69, 9.17) is 5.73 Å². The Morgan fingerprint density at radius 3 is 1.79 bits per heavy atom. The van der Waals surface area contributed by atoms with Gasteiger partial charge in [-0.05, 0) is 49.9 Å². The third-order valence-electron chi connectivity index (χ3n) is 4.89. The summed E-state index contributed by atoms with van der Waals surface area (Å²) in [6, 6.07) is 20.8. The molecule has 3 rings (SSSR count).